The molecule has 0 fully saturated rings. The Morgan fingerprint density at radius 3 is 2.48 bits per heavy atom. The van der Waals surface area contributed by atoms with Crippen molar-refractivity contribution < 1.29 is 32.2 Å². The number of sulfonamides is 1. The maximum atomic E-state index is 14.3. The van der Waals surface area contributed by atoms with Gasteiger partial charge in [0.05, 0.1) is 35.3 Å². The molecule has 0 bridgehead atoms. The molecule has 2 N–H and O–H groups in total. The number of nitrogens with one attached hydrogen (secondary N) is 1. The van der Waals surface area contributed by atoms with Gasteiger partial charge in [0.15, 0.2) is 0 Å². The quantitative estimate of drug-likeness (QED) is 0.311. The number of carbonyl (C=O) groups is 1. The summed E-state index contributed by atoms with van der Waals surface area (Å²) in [5.41, 5.74) is 1.53. The van der Waals surface area contributed by atoms with E-state index in [2.05, 4.69) is 28.8 Å². The summed E-state index contributed by atoms with van der Waals surface area (Å²) in [5.74, 6) is -0.711. The lowest BCUT2D eigenvalue weighted by molar-refractivity contribution is -0.0177. The van der Waals surface area contributed by atoms with Crippen molar-refractivity contribution in [1.82, 2.24) is 9.80 Å². The van der Waals surface area contributed by atoms with E-state index in [9.17, 15) is 22.7 Å². The number of nitrogens with zero attached hydrogens (tertiary/aromatic N) is 2. The normalized spacial score (nSPS) is 20.8. The van der Waals surface area contributed by atoms with Gasteiger partial charge in [-0.3, -0.25) is 14.4 Å². The number of aliphatic hydroxyl groups excluding tert-OH is 1. The number of rotatable bonds is 9. The first-order chi connectivity index (χ1) is 22.0. The van der Waals surface area contributed by atoms with Gasteiger partial charge in [-0.15, -0.1) is 0 Å². The second-order valence-corrected chi connectivity index (χ2v) is 13.9. The van der Waals surface area contributed by atoms with Gasteiger partial charge in [0, 0.05) is 37.8 Å². The molecule has 3 aromatic carbocycles. The van der Waals surface area contributed by atoms with E-state index in [1.165, 1.54) is 29.8 Å². The average Bonchev–Trinajstić information content (AvgIpc) is 3.03. The summed E-state index contributed by atoms with van der Waals surface area (Å²) in [4.78, 5) is 18.0. The lowest BCUT2D eigenvalue weighted by Crippen LogP contribution is -2.47. The van der Waals surface area contributed by atoms with Crippen molar-refractivity contribution in [2.75, 3.05) is 38.1 Å². The first kappa shape index (κ1) is 35.3. The van der Waals surface area contributed by atoms with Crippen molar-refractivity contribution in [2.24, 2.45) is 5.92 Å². The highest BCUT2D eigenvalue weighted by Crippen LogP contribution is 2.29. The third kappa shape index (κ3) is 9.75. The first-order valence-electron chi connectivity index (χ1n) is 15.8. The molecular formula is C35H46FN3O6S. The maximum absolute atomic E-state index is 14.3. The van der Waals surface area contributed by atoms with Gasteiger partial charge >= 0.3 is 0 Å². The van der Waals surface area contributed by atoms with Crippen molar-refractivity contribution in [3.63, 3.8) is 0 Å². The third-order valence-corrected chi connectivity index (χ3v) is 9.61. The van der Waals surface area contributed by atoms with Gasteiger partial charge in [0.1, 0.15) is 11.6 Å². The van der Waals surface area contributed by atoms with E-state index in [-0.39, 0.29) is 40.9 Å². The Hall–Kier alpha value is -3.51. The Labute approximate surface area is 272 Å². The number of carbonyl (C=O) groups excluding carboxylic acids is 1. The Balaban J connectivity index is 1.64. The fraction of sp³-hybridized carbons (Fsp3) is 0.457. The number of aliphatic hydroxyl groups is 1. The highest BCUT2D eigenvalue weighted by molar-refractivity contribution is 7.92. The molecule has 0 aliphatic carbocycles. The fourth-order valence-electron chi connectivity index (χ4n) is 5.54. The summed E-state index contributed by atoms with van der Waals surface area (Å²) in [7, 11) is -2.01. The van der Waals surface area contributed by atoms with E-state index in [1.807, 2.05) is 32.0 Å². The van der Waals surface area contributed by atoms with Crippen LogP contribution in [-0.2, 0) is 21.3 Å². The van der Waals surface area contributed by atoms with E-state index < -0.39 is 27.8 Å². The minimum absolute atomic E-state index is 0.0948. The largest absolute Gasteiger partial charge is 0.490 e. The van der Waals surface area contributed by atoms with Crippen LogP contribution in [0.25, 0.3) is 0 Å². The van der Waals surface area contributed by atoms with Crippen molar-refractivity contribution in [2.45, 2.75) is 69.7 Å². The maximum Gasteiger partial charge on any atom is 0.261 e. The molecule has 9 nitrogen and oxygen atoms in total. The van der Waals surface area contributed by atoms with Crippen molar-refractivity contribution in [3.8, 4) is 5.75 Å². The van der Waals surface area contributed by atoms with Gasteiger partial charge in [0.2, 0.25) is 0 Å². The molecule has 0 spiro atoms. The summed E-state index contributed by atoms with van der Waals surface area (Å²) < 4.78 is 54.8. The van der Waals surface area contributed by atoms with E-state index >= 15 is 0 Å². The topological polar surface area (TPSA) is 108 Å². The van der Waals surface area contributed by atoms with Crippen LogP contribution in [0.15, 0.2) is 77.7 Å². The van der Waals surface area contributed by atoms with E-state index in [0.29, 0.717) is 25.4 Å². The van der Waals surface area contributed by atoms with Crippen molar-refractivity contribution >= 4 is 21.6 Å². The summed E-state index contributed by atoms with van der Waals surface area (Å²) in [6, 6.07) is 18.8. The predicted octanol–water partition coefficient (Wildman–Crippen LogP) is 5.55. The molecule has 1 heterocycles. The molecule has 250 valence electrons. The summed E-state index contributed by atoms with van der Waals surface area (Å²) in [6.07, 6.45) is 2.06. The molecule has 0 saturated carbocycles. The number of hydrogen-bond acceptors (Lipinski definition) is 7. The van der Waals surface area contributed by atoms with Gasteiger partial charge in [-0.1, -0.05) is 37.3 Å². The highest BCUT2D eigenvalue weighted by Gasteiger charge is 2.30. The second kappa shape index (κ2) is 16.4. The van der Waals surface area contributed by atoms with Crippen LogP contribution in [0.3, 0.4) is 0 Å². The number of halogens is 1. The molecule has 46 heavy (non-hydrogen) atoms. The Kier molecular flexibility index (Phi) is 12.6. The minimum atomic E-state index is -4.06. The molecule has 0 saturated heterocycles. The van der Waals surface area contributed by atoms with Crippen molar-refractivity contribution in [1.29, 1.82) is 0 Å². The van der Waals surface area contributed by atoms with Gasteiger partial charge in [-0.2, -0.15) is 0 Å². The Bertz CT molecular complexity index is 1520. The van der Waals surface area contributed by atoms with Gasteiger partial charge in [0.25, 0.3) is 15.9 Å². The van der Waals surface area contributed by atoms with E-state index in [4.69, 9.17) is 9.47 Å². The van der Waals surface area contributed by atoms with Crippen LogP contribution in [0.5, 0.6) is 5.75 Å². The number of benzene rings is 3. The highest BCUT2D eigenvalue weighted by atomic mass is 32.2. The van der Waals surface area contributed by atoms with Crippen LogP contribution in [0, 0.1) is 11.7 Å². The second-order valence-electron chi connectivity index (χ2n) is 12.3. The van der Waals surface area contributed by atoms with Crippen LogP contribution in [-0.4, -0.2) is 80.8 Å². The van der Waals surface area contributed by atoms with Crippen molar-refractivity contribution in [3.05, 3.63) is 89.7 Å². The number of amides is 1. The molecule has 3 aromatic rings. The van der Waals surface area contributed by atoms with Crippen LogP contribution < -0.4 is 9.46 Å². The summed E-state index contributed by atoms with van der Waals surface area (Å²) in [5, 5.41) is 10.2. The summed E-state index contributed by atoms with van der Waals surface area (Å²) in [6.45, 7) is 7.77. The first-order valence-corrected chi connectivity index (χ1v) is 17.3. The monoisotopic (exact) mass is 655 g/mol. The van der Waals surface area contributed by atoms with E-state index in [1.54, 1.807) is 17.9 Å². The molecule has 4 atom stereocenters. The average molecular weight is 656 g/mol. The zero-order valence-corrected chi connectivity index (χ0v) is 27.9. The number of ether oxygens (including phenoxy) is 2. The molecule has 4 rings (SSSR count). The van der Waals surface area contributed by atoms with Gasteiger partial charge in [-0.05, 0) is 88.2 Å². The third-order valence-electron chi connectivity index (χ3n) is 8.21. The van der Waals surface area contributed by atoms with E-state index in [0.717, 1.165) is 37.9 Å². The molecule has 11 heteroatoms. The smallest absolute Gasteiger partial charge is 0.261 e. The fourth-order valence-corrected chi connectivity index (χ4v) is 6.59. The number of hydrogen-bond donors (Lipinski definition) is 2. The SMILES string of the molecule is C[C@@H]1CCCCO[C@@H](CN(C)Cc2ccccc2)[C@H](C)CN([C@@H](C)CO)C(=O)c2cc(NS(=O)(=O)c3ccc(F)cc3)ccc2O1. The summed E-state index contributed by atoms with van der Waals surface area (Å²) >= 11 is 0. The zero-order chi connectivity index (χ0) is 33.3. The molecule has 1 aliphatic heterocycles. The Morgan fingerprint density at radius 1 is 1.07 bits per heavy atom. The van der Waals surface area contributed by atoms with Crippen LogP contribution in [0.2, 0.25) is 0 Å². The molecule has 0 aromatic heterocycles. The molecule has 0 radical (unpaired) electrons. The molecule has 0 unspecified atom stereocenters. The minimum Gasteiger partial charge on any atom is -0.490 e. The van der Waals surface area contributed by atoms with Gasteiger partial charge < -0.3 is 19.5 Å². The number of fused-ring (bicyclic) bond motifs is 1. The molecular weight excluding hydrogens is 609 g/mol. The lowest BCUT2D eigenvalue weighted by atomic mass is 10.0. The van der Waals surface area contributed by atoms with Crippen LogP contribution >= 0.6 is 0 Å². The molecule has 1 aliphatic rings. The predicted molar refractivity (Wildman–Crippen MR) is 177 cm³/mol. The lowest BCUT2D eigenvalue weighted by Gasteiger charge is -2.36. The van der Waals surface area contributed by atoms with Gasteiger partial charge in [-0.25, -0.2) is 12.8 Å². The number of likely N-dealkylation sites (N-methyl/N-ethyl adjacent to an activating group) is 1. The van der Waals surface area contributed by atoms with Crippen LogP contribution in [0.4, 0.5) is 10.1 Å². The zero-order valence-electron chi connectivity index (χ0n) is 27.1. The number of anilines is 1. The van der Waals surface area contributed by atoms with Crippen LogP contribution in [0.1, 0.15) is 56.0 Å². The Morgan fingerprint density at radius 2 is 1.78 bits per heavy atom. The standard InChI is InChI=1S/C35H46FN3O6S/c1-25-21-39(26(2)24-40)35(41)32-20-30(37-46(42,43)31-16-13-29(36)14-17-31)15-18-33(32)45-27(3)10-8-9-19-44-34(25)23-38(4)22-28-11-6-5-7-12-28/h5-7,11-18,20,25-27,34,37,40H,8-10,19,21-24H2,1-4H3/t25-,26+,27-,34+/m1/s1. The molecule has 1 amide bonds.